The van der Waals surface area contributed by atoms with Crippen LogP contribution >= 0.6 is 0 Å². The molecule has 1 unspecified atom stereocenters. The van der Waals surface area contributed by atoms with Crippen molar-refractivity contribution in [3.8, 4) is 0 Å². The highest BCUT2D eigenvalue weighted by Gasteiger charge is 2.38. The highest BCUT2D eigenvalue weighted by Crippen LogP contribution is 2.34. The lowest BCUT2D eigenvalue weighted by Gasteiger charge is -2.25. The van der Waals surface area contributed by atoms with E-state index in [0.29, 0.717) is 17.3 Å². The van der Waals surface area contributed by atoms with E-state index in [-0.39, 0.29) is 0 Å². The minimum Gasteiger partial charge on any atom is -0.298 e. The van der Waals surface area contributed by atoms with Crippen LogP contribution < -0.4 is 10.1 Å². The maximum absolute atomic E-state index is 13.1. The Morgan fingerprint density at radius 3 is 2.32 bits per heavy atom. The Hall–Kier alpha value is -3.01. The lowest BCUT2D eigenvalue weighted by Crippen LogP contribution is -2.47. The molecule has 2 aromatic carbocycles. The molecule has 0 spiro atoms. The predicted molar refractivity (Wildman–Crippen MR) is 95.1 cm³/mol. The van der Waals surface area contributed by atoms with Crippen LogP contribution in [0.2, 0.25) is 0 Å². The molecule has 2 N–H and O–H groups in total. The first-order valence-electron chi connectivity index (χ1n) is 8.12. The third-order valence-corrected chi connectivity index (χ3v) is 5.42. The zero-order chi connectivity index (χ0) is 20.5. The quantitative estimate of drug-likeness (QED) is 0.810. The Morgan fingerprint density at radius 1 is 1.07 bits per heavy atom. The molecule has 28 heavy (non-hydrogen) atoms. The fourth-order valence-corrected chi connectivity index (χ4v) is 4.00. The second-order valence-electron chi connectivity index (χ2n) is 6.09. The second kappa shape index (κ2) is 7.19. The highest BCUT2D eigenvalue weighted by molar-refractivity contribution is 7.90. The molecule has 6 nitrogen and oxygen atoms in total. The molecule has 148 valence electrons. The molecular formula is C18H16F3N3O3S. The van der Waals surface area contributed by atoms with Crippen LogP contribution in [-0.2, 0) is 16.2 Å². The molecule has 2 amide bonds. The number of carbonyl (C=O) groups is 1. The van der Waals surface area contributed by atoms with Gasteiger partial charge in [0.25, 0.3) is 10.0 Å². The number of rotatable bonds is 3. The SMILES string of the molecule is CC1=CC(c2ccccc2)N(C(=O)NS(=O)(=O)c2ccccc2C(F)(F)F)N1. The molecule has 0 saturated carbocycles. The number of carbonyl (C=O) groups excluding carboxylic acids is 1. The smallest absolute Gasteiger partial charge is 0.298 e. The van der Waals surface area contributed by atoms with Crippen LogP contribution in [0.25, 0.3) is 0 Å². The average Bonchev–Trinajstić information content (AvgIpc) is 3.03. The minimum atomic E-state index is -4.88. The van der Waals surface area contributed by atoms with Crippen molar-refractivity contribution in [1.82, 2.24) is 15.2 Å². The van der Waals surface area contributed by atoms with Crippen molar-refractivity contribution in [2.75, 3.05) is 0 Å². The summed E-state index contributed by atoms with van der Waals surface area (Å²) in [5, 5.41) is 1.01. The molecule has 1 aliphatic rings. The first-order chi connectivity index (χ1) is 13.1. The molecule has 0 aromatic heterocycles. The Morgan fingerprint density at radius 2 is 1.68 bits per heavy atom. The number of benzene rings is 2. The Bertz CT molecular complexity index is 1020. The number of hydrogen-bond donors (Lipinski definition) is 2. The van der Waals surface area contributed by atoms with Gasteiger partial charge in [-0.3, -0.25) is 5.43 Å². The van der Waals surface area contributed by atoms with Crippen LogP contribution in [0.4, 0.5) is 18.0 Å². The largest absolute Gasteiger partial charge is 0.417 e. The van der Waals surface area contributed by atoms with Gasteiger partial charge in [0.2, 0.25) is 0 Å². The van der Waals surface area contributed by atoms with Gasteiger partial charge in [0.15, 0.2) is 0 Å². The van der Waals surface area contributed by atoms with Crippen molar-refractivity contribution in [2.24, 2.45) is 0 Å². The van der Waals surface area contributed by atoms with E-state index >= 15 is 0 Å². The van der Waals surface area contributed by atoms with Crippen molar-refractivity contribution >= 4 is 16.1 Å². The zero-order valence-electron chi connectivity index (χ0n) is 14.6. The topological polar surface area (TPSA) is 78.5 Å². The normalized spacial score (nSPS) is 17.1. The van der Waals surface area contributed by atoms with Crippen LogP contribution in [0.3, 0.4) is 0 Å². The number of hydrazine groups is 1. The Kier molecular flexibility index (Phi) is 5.07. The van der Waals surface area contributed by atoms with E-state index in [0.717, 1.165) is 23.2 Å². The molecule has 0 bridgehead atoms. The van der Waals surface area contributed by atoms with Gasteiger partial charge < -0.3 is 0 Å². The Labute approximate surface area is 159 Å². The van der Waals surface area contributed by atoms with E-state index < -0.39 is 38.7 Å². The summed E-state index contributed by atoms with van der Waals surface area (Å²) in [5.74, 6) is 0. The predicted octanol–water partition coefficient (Wildman–Crippen LogP) is 3.57. The molecule has 1 atom stereocenters. The minimum absolute atomic E-state index is 0.595. The fourth-order valence-electron chi connectivity index (χ4n) is 2.84. The van der Waals surface area contributed by atoms with E-state index in [1.54, 1.807) is 48.1 Å². The van der Waals surface area contributed by atoms with E-state index in [9.17, 15) is 26.4 Å². The lowest BCUT2D eigenvalue weighted by molar-refractivity contribution is -0.139. The van der Waals surface area contributed by atoms with Gasteiger partial charge >= 0.3 is 12.2 Å². The summed E-state index contributed by atoms with van der Waals surface area (Å²) >= 11 is 0. The lowest BCUT2D eigenvalue weighted by atomic mass is 10.1. The Balaban J connectivity index is 1.89. The van der Waals surface area contributed by atoms with Crippen LogP contribution in [0.15, 0.2) is 71.3 Å². The third kappa shape index (κ3) is 3.96. The van der Waals surface area contributed by atoms with E-state index in [4.69, 9.17) is 0 Å². The number of alkyl halides is 3. The highest BCUT2D eigenvalue weighted by atomic mass is 32.2. The number of hydrogen-bond acceptors (Lipinski definition) is 4. The van der Waals surface area contributed by atoms with Crippen molar-refractivity contribution in [3.05, 3.63) is 77.5 Å². The number of nitrogens with zero attached hydrogens (tertiary/aromatic N) is 1. The number of halogens is 3. The number of amides is 2. The van der Waals surface area contributed by atoms with E-state index in [2.05, 4.69) is 5.43 Å². The van der Waals surface area contributed by atoms with Gasteiger partial charge in [-0.2, -0.15) is 13.2 Å². The monoisotopic (exact) mass is 411 g/mol. The van der Waals surface area contributed by atoms with Crippen molar-refractivity contribution in [2.45, 2.75) is 24.0 Å². The fraction of sp³-hybridized carbons (Fsp3) is 0.167. The number of urea groups is 1. The van der Waals surface area contributed by atoms with Crippen LogP contribution in [-0.4, -0.2) is 19.5 Å². The summed E-state index contributed by atoms with van der Waals surface area (Å²) in [4.78, 5) is 11.6. The molecule has 0 fully saturated rings. The van der Waals surface area contributed by atoms with Crippen molar-refractivity contribution in [1.29, 1.82) is 0 Å². The van der Waals surface area contributed by atoms with Crippen molar-refractivity contribution < 1.29 is 26.4 Å². The van der Waals surface area contributed by atoms with Gasteiger partial charge in [0.1, 0.15) is 6.04 Å². The summed E-state index contributed by atoms with van der Waals surface area (Å²) in [5.41, 5.74) is 2.67. The van der Waals surface area contributed by atoms with Gasteiger partial charge in [-0.05, 0) is 30.7 Å². The van der Waals surface area contributed by atoms with Crippen LogP contribution in [0.5, 0.6) is 0 Å². The molecule has 0 saturated heterocycles. The summed E-state index contributed by atoms with van der Waals surface area (Å²) in [6, 6.07) is 10.7. The zero-order valence-corrected chi connectivity index (χ0v) is 15.4. The molecule has 10 heteroatoms. The second-order valence-corrected chi connectivity index (χ2v) is 7.74. The number of sulfonamides is 1. The van der Waals surface area contributed by atoms with E-state index in [1.807, 2.05) is 0 Å². The standard InChI is InChI=1S/C18H16F3N3O3S/c1-12-11-15(13-7-3-2-4-8-13)24(22-12)17(25)23-28(26,27)16-10-6-5-9-14(16)18(19,20)21/h2-11,15,22H,1H3,(H,23,25). The molecule has 0 aliphatic carbocycles. The summed E-state index contributed by atoms with van der Waals surface area (Å²) in [6.07, 6.45) is -3.18. The average molecular weight is 411 g/mol. The molecule has 3 rings (SSSR count). The van der Waals surface area contributed by atoms with Gasteiger partial charge in [0.05, 0.1) is 10.5 Å². The first kappa shape index (κ1) is 19.7. The first-order valence-corrected chi connectivity index (χ1v) is 9.60. The van der Waals surface area contributed by atoms with Gasteiger partial charge in [-0.15, -0.1) is 0 Å². The van der Waals surface area contributed by atoms with Crippen molar-refractivity contribution in [3.63, 3.8) is 0 Å². The van der Waals surface area contributed by atoms with E-state index in [1.165, 1.54) is 0 Å². The molecule has 0 radical (unpaired) electrons. The number of allylic oxidation sites excluding steroid dienone is 1. The third-order valence-electron chi connectivity index (χ3n) is 4.05. The van der Waals surface area contributed by atoms with Crippen LogP contribution in [0, 0.1) is 0 Å². The van der Waals surface area contributed by atoms with Gasteiger partial charge in [-0.25, -0.2) is 22.9 Å². The molecule has 2 aromatic rings. The summed E-state index contributed by atoms with van der Waals surface area (Å²) in [7, 11) is -4.76. The molecule has 1 aliphatic heterocycles. The number of nitrogens with one attached hydrogen (secondary N) is 2. The molecular weight excluding hydrogens is 395 g/mol. The van der Waals surface area contributed by atoms with Gasteiger partial charge in [-0.1, -0.05) is 42.5 Å². The molecule has 1 heterocycles. The summed E-state index contributed by atoms with van der Waals surface area (Å²) in [6.45, 7) is 1.68. The van der Waals surface area contributed by atoms with Gasteiger partial charge in [0, 0.05) is 5.70 Å². The maximum atomic E-state index is 13.1. The summed E-state index contributed by atoms with van der Waals surface area (Å²) < 4.78 is 66.1. The van der Waals surface area contributed by atoms with Crippen LogP contribution in [0.1, 0.15) is 24.1 Å². The maximum Gasteiger partial charge on any atom is 0.417 e.